The fourth-order valence-electron chi connectivity index (χ4n) is 1.87. The normalized spacial score (nSPS) is 14.8. The van der Waals surface area contributed by atoms with Crippen molar-refractivity contribution in [3.05, 3.63) is 52.2 Å². The lowest BCUT2D eigenvalue weighted by Gasteiger charge is -2.14. The molecule has 0 aliphatic carbocycles. The molecule has 2 atom stereocenters. The first-order valence-corrected chi connectivity index (χ1v) is 10.3. The molecule has 1 N–H and O–H groups in total. The third-order valence-corrected chi connectivity index (χ3v) is 6.74. The summed E-state index contributed by atoms with van der Waals surface area (Å²) in [6.07, 6.45) is 0.586. The van der Waals surface area contributed by atoms with Gasteiger partial charge < -0.3 is 5.11 Å². The summed E-state index contributed by atoms with van der Waals surface area (Å²) in [5, 5.41) is 12.6. The zero-order valence-corrected chi connectivity index (χ0v) is 14.3. The predicted molar refractivity (Wildman–Crippen MR) is 89.7 cm³/mol. The molecule has 2 aromatic rings. The maximum absolute atomic E-state index is 11.4. The number of hydrogen-bond donors (Lipinski definition) is 1. The lowest BCUT2D eigenvalue weighted by atomic mass is 10.1. The number of thioether (sulfide) groups is 1. The summed E-state index contributed by atoms with van der Waals surface area (Å²) < 4.78 is 22.8. The van der Waals surface area contributed by atoms with Gasteiger partial charge in [0.2, 0.25) is 0 Å². The molecule has 0 bridgehead atoms. The predicted octanol–water partition coefficient (Wildman–Crippen LogP) is 3.68. The minimum absolute atomic E-state index is 0.276. The van der Waals surface area contributed by atoms with Gasteiger partial charge in [0.05, 0.1) is 11.0 Å². The lowest BCUT2D eigenvalue weighted by Crippen LogP contribution is -2.03. The first-order valence-electron chi connectivity index (χ1n) is 6.51. The van der Waals surface area contributed by atoms with Crippen LogP contribution in [0.25, 0.3) is 0 Å². The standard InChI is InChI=1S/C15H18O3S3/c1-11(15-4-3-9-19-15)20-10-14(16)12-5-7-13(8-6-12)21(2,17)18/h3-9,11,14,16H,10H2,1-2H3. The largest absolute Gasteiger partial charge is 0.388 e. The summed E-state index contributed by atoms with van der Waals surface area (Å²) in [4.78, 5) is 1.57. The molecule has 0 saturated heterocycles. The van der Waals surface area contributed by atoms with E-state index in [0.717, 1.165) is 5.56 Å². The topological polar surface area (TPSA) is 54.4 Å². The minimum Gasteiger partial charge on any atom is -0.388 e. The summed E-state index contributed by atoms with van der Waals surface area (Å²) in [5.74, 6) is 0.581. The van der Waals surface area contributed by atoms with Crippen LogP contribution < -0.4 is 0 Å². The molecular formula is C15H18O3S3. The first kappa shape index (κ1) is 16.5. The van der Waals surface area contributed by atoms with Crippen molar-refractivity contribution in [3.8, 4) is 0 Å². The third-order valence-electron chi connectivity index (χ3n) is 3.14. The highest BCUT2D eigenvalue weighted by atomic mass is 32.2. The Morgan fingerprint density at radius 2 is 1.90 bits per heavy atom. The molecule has 0 saturated carbocycles. The van der Waals surface area contributed by atoms with Crippen LogP contribution in [0.4, 0.5) is 0 Å². The monoisotopic (exact) mass is 342 g/mol. The Labute approximate surface area is 133 Å². The highest BCUT2D eigenvalue weighted by Crippen LogP contribution is 2.34. The Bertz CT molecular complexity index is 661. The highest BCUT2D eigenvalue weighted by Gasteiger charge is 2.14. The molecule has 0 fully saturated rings. The molecule has 114 valence electrons. The van der Waals surface area contributed by atoms with Gasteiger partial charge in [-0.3, -0.25) is 0 Å². The van der Waals surface area contributed by atoms with E-state index < -0.39 is 15.9 Å². The minimum atomic E-state index is -3.19. The van der Waals surface area contributed by atoms with Gasteiger partial charge in [0, 0.05) is 22.1 Å². The van der Waals surface area contributed by atoms with Crippen molar-refractivity contribution in [1.29, 1.82) is 0 Å². The number of sulfone groups is 1. The second-order valence-electron chi connectivity index (χ2n) is 4.85. The van der Waals surface area contributed by atoms with Crippen molar-refractivity contribution in [2.24, 2.45) is 0 Å². The molecule has 0 amide bonds. The molecule has 0 aliphatic heterocycles. The van der Waals surface area contributed by atoms with Crippen LogP contribution in [-0.2, 0) is 9.84 Å². The molecule has 21 heavy (non-hydrogen) atoms. The van der Waals surface area contributed by atoms with E-state index in [2.05, 4.69) is 13.0 Å². The van der Waals surface area contributed by atoms with E-state index in [1.807, 2.05) is 11.4 Å². The van der Waals surface area contributed by atoms with Gasteiger partial charge in [0.15, 0.2) is 9.84 Å². The smallest absolute Gasteiger partial charge is 0.175 e. The van der Waals surface area contributed by atoms with Crippen LogP contribution in [0.3, 0.4) is 0 Å². The first-order chi connectivity index (χ1) is 9.88. The van der Waals surface area contributed by atoms with Gasteiger partial charge in [-0.2, -0.15) is 11.8 Å². The molecule has 0 spiro atoms. The van der Waals surface area contributed by atoms with Gasteiger partial charge in [-0.25, -0.2) is 8.42 Å². The number of benzene rings is 1. The van der Waals surface area contributed by atoms with Crippen molar-refractivity contribution in [1.82, 2.24) is 0 Å². The number of aliphatic hydroxyl groups is 1. The van der Waals surface area contributed by atoms with E-state index in [9.17, 15) is 13.5 Å². The van der Waals surface area contributed by atoms with Crippen LogP contribution in [0, 0.1) is 0 Å². The number of thiophene rings is 1. The van der Waals surface area contributed by atoms with Crippen molar-refractivity contribution in [2.75, 3.05) is 12.0 Å². The Morgan fingerprint density at radius 3 is 2.43 bits per heavy atom. The van der Waals surface area contributed by atoms with E-state index in [4.69, 9.17) is 0 Å². The van der Waals surface area contributed by atoms with Crippen molar-refractivity contribution >= 4 is 32.9 Å². The zero-order valence-electron chi connectivity index (χ0n) is 11.9. The van der Waals surface area contributed by atoms with Crippen LogP contribution in [0.5, 0.6) is 0 Å². The van der Waals surface area contributed by atoms with E-state index in [1.54, 1.807) is 47.4 Å². The van der Waals surface area contributed by atoms with Gasteiger partial charge in [0.25, 0.3) is 0 Å². The number of aliphatic hydroxyl groups excluding tert-OH is 1. The Kier molecular flexibility index (Phi) is 5.48. The zero-order chi connectivity index (χ0) is 15.5. The van der Waals surface area contributed by atoms with Crippen LogP contribution in [0.1, 0.15) is 28.7 Å². The van der Waals surface area contributed by atoms with E-state index in [1.165, 1.54) is 11.1 Å². The van der Waals surface area contributed by atoms with Gasteiger partial charge in [-0.15, -0.1) is 11.3 Å². The van der Waals surface area contributed by atoms with Gasteiger partial charge in [-0.1, -0.05) is 18.2 Å². The second-order valence-corrected chi connectivity index (χ2v) is 9.22. The third kappa shape index (κ3) is 4.57. The van der Waals surface area contributed by atoms with Crippen LogP contribution >= 0.6 is 23.1 Å². The van der Waals surface area contributed by atoms with E-state index in [-0.39, 0.29) is 4.90 Å². The number of rotatable bonds is 6. The maximum atomic E-state index is 11.4. The molecule has 1 heterocycles. The molecule has 0 aliphatic rings. The van der Waals surface area contributed by atoms with Crippen LogP contribution in [-0.4, -0.2) is 25.5 Å². The highest BCUT2D eigenvalue weighted by molar-refractivity contribution is 7.99. The van der Waals surface area contributed by atoms with Gasteiger partial charge in [-0.05, 0) is 36.1 Å². The number of hydrogen-bond acceptors (Lipinski definition) is 5. The quantitative estimate of drug-likeness (QED) is 0.870. The molecule has 1 aromatic carbocycles. The molecule has 2 unspecified atom stereocenters. The maximum Gasteiger partial charge on any atom is 0.175 e. The van der Waals surface area contributed by atoms with E-state index in [0.29, 0.717) is 11.0 Å². The summed E-state index contributed by atoms with van der Waals surface area (Å²) in [7, 11) is -3.19. The Balaban J connectivity index is 1.96. The fourth-order valence-corrected chi connectivity index (χ4v) is 4.44. The summed E-state index contributed by atoms with van der Waals surface area (Å²) in [6, 6.07) is 10.6. The fraction of sp³-hybridized carbons (Fsp3) is 0.333. The lowest BCUT2D eigenvalue weighted by molar-refractivity contribution is 0.204. The van der Waals surface area contributed by atoms with E-state index >= 15 is 0 Å². The molecule has 1 aromatic heterocycles. The van der Waals surface area contributed by atoms with Crippen molar-refractivity contribution in [3.63, 3.8) is 0 Å². The molecule has 2 rings (SSSR count). The van der Waals surface area contributed by atoms with Gasteiger partial charge in [0.1, 0.15) is 0 Å². The molecule has 6 heteroatoms. The summed E-state index contributed by atoms with van der Waals surface area (Å²) in [6.45, 7) is 2.12. The van der Waals surface area contributed by atoms with Crippen LogP contribution in [0.2, 0.25) is 0 Å². The second kappa shape index (κ2) is 6.96. The Morgan fingerprint density at radius 1 is 1.24 bits per heavy atom. The SMILES string of the molecule is CC(SCC(O)c1ccc(S(C)(=O)=O)cc1)c1cccs1. The van der Waals surface area contributed by atoms with Crippen molar-refractivity contribution in [2.45, 2.75) is 23.2 Å². The average molecular weight is 343 g/mol. The molecular weight excluding hydrogens is 324 g/mol. The van der Waals surface area contributed by atoms with Gasteiger partial charge >= 0.3 is 0 Å². The summed E-state index contributed by atoms with van der Waals surface area (Å²) >= 11 is 3.40. The summed E-state index contributed by atoms with van der Waals surface area (Å²) in [5.41, 5.74) is 0.744. The van der Waals surface area contributed by atoms with Crippen molar-refractivity contribution < 1.29 is 13.5 Å². The average Bonchev–Trinajstić information content (AvgIpc) is 2.98. The molecule has 0 radical (unpaired) electrons. The molecule has 3 nitrogen and oxygen atoms in total. The van der Waals surface area contributed by atoms with Crippen LogP contribution in [0.15, 0.2) is 46.7 Å². The Hall–Kier alpha value is -0.820.